The molecule has 0 bridgehead atoms. The number of hydrogen-bond acceptors (Lipinski definition) is 5. The van der Waals surface area contributed by atoms with Gasteiger partial charge in [-0.3, -0.25) is 4.79 Å². The summed E-state index contributed by atoms with van der Waals surface area (Å²) < 4.78 is 41.9. The first-order chi connectivity index (χ1) is 12.0. The van der Waals surface area contributed by atoms with Crippen LogP contribution in [-0.4, -0.2) is 29.1 Å². The quantitative estimate of drug-likeness (QED) is 0.725. The van der Waals surface area contributed by atoms with E-state index in [1.54, 1.807) is 6.07 Å². The molecular formula is C15H10FN5O3S. The molecule has 0 fully saturated rings. The highest BCUT2D eigenvalue weighted by atomic mass is 32.2. The maximum absolute atomic E-state index is 13.7. The van der Waals surface area contributed by atoms with Crippen molar-refractivity contribution in [1.82, 2.24) is 14.8 Å². The van der Waals surface area contributed by atoms with Gasteiger partial charge in [0.15, 0.2) is 0 Å². The van der Waals surface area contributed by atoms with E-state index in [-0.39, 0.29) is 27.8 Å². The van der Waals surface area contributed by atoms with E-state index >= 15 is 0 Å². The summed E-state index contributed by atoms with van der Waals surface area (Å²) in [5, 5.41) is 6.36. The van der Waals surface area contributed by atoms with Crippen molar-refractivity contribution in [1.29, 1.82) is 0 Å². The number of halogens is 1. The second-order valence-electron chi connectivity index (χ2n) is 5.22. The molecule has 0 atom stereocenters. The Balaban J connectivity index is 1.75. The molecule has 4 rings (SSSR count). The topological polar surface area (TPSA) is 106 Å². The summed E-state index contributed by atoms with van der Waals surface area (Å²) in [6, 6.07) is 9.78. The molecule has 1 aliphatic rings. The SMILES string of the molecule is O=C(Nc1ccccc1F)c1ccc2c(c1)S(=O)(=O)Nc1ncnn1-2. The monoisotopic (exact) mass is 359 g/mol. The number of hydrogen-bond donors (Lipinski definition) is 2. The van der Waals surface area contributed by atoms with Crippen LogP contribution >= 0.6 is 0 Å². The number of amides is 1. The van der Waals surface area contributed by atoms with Crippen LogP contribution in [0.3, 0.4) is 0 Å². The van der Waals surface area contributed by atoms with Crippen LogP contribution in [0.5, 0.6) is 0 Å². The van der Waals surface area contributed by atoms with E-state index in [0.717, 1.165) is 0 Å². The van der Waals surface area contributed by atoms with Crippen molar-refractivity contribution in [3.8, 4) is 5.69 Å². The summed E-state index contributed by atoms with van der Waals surface area (Å²) >= 11 is 0. The fraction of sp³-hybridized carbons (Fsp3) is 0. The van der Waals surface area contributed by atoms with E-state index in [2.05, 4.69) is 20.1 Å². The predicted octanol–water partition coefficient (Wildman–Crippen LogP) is 1.77. The molecule has 0 radical (unpaired) electrons. The van der Waals surface area contributed by atoms with Crippen LogP contribution in [-0.2, 0) is 10.0 Å². The van der Waals surface area contributed by atoms with E-state index in [1.165, 1.54) is 47.4 Å². The van der Waals surface area contributed by atoms with Gasteiger partial charge in [-0.2, -0.15) is 14.8 Å². The minimum Gasteiger partial charge on any atom is -0.319 e. The highest BCUT2D eigenvalue weighted by molar-refractivity contribution is 7.93. The Morgan fingerprint density at radius 1 is 1.20 bits per heavy atom. The number of carbonyl (C=O) groups excluding carboxylic acids is 1. The van der Waals surface area contributed by atoms with Crippen LogP contribution in [0.4, 0.5) is 16.0 Å². The summed E-state index contributed by atoms with van der Waals surface area (Å²) in [6.07, 6.45) is 1.21. The van der Waals surface area contributed by atoms with Gasteiger partial charge >= 0.3 is 0 Å². The van der Waals surface area contributed by atoms with Crippen LogP contribution in [0, 0.1) is 5.82 Å². The third-order valence-electron chi connectivity index (χ3n) is 3.64. The average molecular weight is 359 g/mol. The van der Waals surface area contributed by atoms with Gasteiger partial charge in [0, 0.05) is 5.56 Å². The molecule has 0 unspecified atom stereocenters. The molecule has 8 nitrogen and oxygen atoms in total. The number of nitrogens with zero attached hydrogens (tertiary/aromatic N) is 3. The van der Waals surface area contributed by atoms with Gasteiger partial charge < -0.3 is 5.32 Å². The van der Waals surface area contributed by atoms with Crippen LogP contribution in [0.1, 0.15) is 10.4 Å². The molecule has 1 aromatic heterocycles. The Kier molecular flexibility index (Phi) is 3.29. The van der Waals surface area contributed by atoms with Crippen molar-refractivity contribution >= 4 is 27.6 Å². The van der Waals surface area contributed by atoms with Gasteiger partial charge in [-0.1, -0.05) is 12.1 Å². The zero-order valence-corrected chi connectivity index (χ0v) is 13.3. The zero-order valence-electron chi connectivity index (χ0n) is 12.5. The van der Waals surface area contributed by atoms with Crippen LogP contribution in [0.15, 0.2) is 53.7 Å². The molecule has 1 aliphatic heterocycles. The van der Waals surface area contributed by atoms with Crippen molar-refractivity contribution in [2.24, 2.45) is 0 Å². The third-order valence-corrected chi connectivity index (χ3v) is 4.99. The standard InChI is InChI=1S/C15H10FN5O3S/c16-10-3-1-2-4-11(10)19-14(22)9-5-6-12-13(7-9)25(23,24)20-15-17-8-18-21(12)15/h1-8H,(H,19,22)(H,17,18,20). The highest BCUT2D eigenvalue weighted by Gasteiger charge is 2.29. The summed E-state index contributed by atoms with van der Waals surface area (Å²) in [5.74, 6) is -1.15. The largest absolute Gasteiger partial charge is 0.319 e. The average Bonchev–Trinajstić information content (AvgIpc) is 3.04. The molecule has 126 valence electrons. The van der Waals surface area contributed by atoms with Crippen LogP contribution in [0.2, 0.25) is 0 Å². The minimum atomic E-state index is -3.89. The molecule has 3 aromatic rings. The molecule has 1 amide bonds. The lowest BCUT2D eigenvalue weighted by atomic mass is 10.2. The molecule has 0 saturated heterocycles. The van der Waals surface area contributed by atoms with Gasteiger partial charge in [-0.25, -0.2) is 17.5 Å². The van der Waals surface area contributed by atoms with Gasteiger partial charge in [-0.05, 0) is 30.3 Å². The summed E-state index contributed by atoms with van der Waals surface area (Å²) in [7, 11) is -3.89. The summed E-state index contributed by atoms with van der Waals surface area (Å²) in [6.45, 7) is 0. The van der Waals surface area contributed by atoms with E-state index in [9.17, 15) is 17.6 Å². The number of aromatic nitrogens is 3. The first-order valence-electron chi connectivity index (χ1n) is 7.09. The van der Waals surface area contributed by atoms with Gasteiger partial charge in [0.1, 0.15) is 17.0 Å². The van der Waals surface area contributed by atoms with E-state index in [0.29, 0.717) is 0 Å². The van der Waals surface area contributed by atoms with E-state index in [4.69, 9.17) is 0 Å². The highest BCUT2D eigenvalue weighted by Crippen LogP contribution is 2.29. The normalized spacial score (nSPS) is 14.1. The fourth-order valence-electron chi connectivity index (χ4n) is 2.47. The van der Waals surface area contributed by atoms with Crippen molar-refractivity contribution in [2.45, 2.75) is 4.90 Å². The molecule has 25 heavy (non-hydrogen) atoms. The van der Waals surface area contributed by atoms with Crippen molar-refractivity contribution in [3.63, 3.8) is 0 Å². The van der Waals surface area contributed by atoms with Gasteiger partial charge in [0.2, 0.25) is 5.95 Å². The molecule has 2 heterocycles. The number of fused-ring (bicyclic) bond motifs is 3. The first-order valence-corrected chi connectivity index (χ1v) is 8.57. The predicted molar refractivity (Wildman–Crippen MR) is 86.5 cm³/mol. The second-order valence-corrected chi connectivity index (χ2v) is 6.87. The lowest BCUT2D eigenvalue weighted by Gasteiger charge is -2.19. The smallest absolute Gasteiger partial charge is 0.266 e. The Labute approximate surface area is 141 Å². The van der Waals surface area contributed by atoms with E-state index in [1.807, 2.05) is 0 Å². The third kappa shape index (κ3) is 2.52. The Morgan fingerprint density at radius 3 is 2.80 bits per heavy atom. The van der Waals surface area contributed by atoms with Gasteiger partial charge in [0.25, 0.3) is 15.9 Å². The Bertz CT molecular complexity index is 1110. The number of anilines is 2. The fourth-order valence-corrected chi connectivity index (χ4v) is 3.67. The van der Waals surface area contributed by atoms with Crippen LogP contribution < -0.4 is 10.0 Å². The molecule has 2 N–H and O–H groups in total. The number of benzene rings is 2. The summed E-state index contributed by atoms with van der Waals surface area (Å²) in [5.41, 5.74) is 0.342. The van der Waals surface area contributed by atoms with Gasteiger partial charge in [0.05, 0.1) is 11.4 Å². The lowest BCUT2D eigenvalue weighted by Crippen LogP contribution is -2.24. The number of para-hydroxylation sites is 1. The molecule has 10 heteroatoms. The number of nitrogens with one attached hydrogen (secondary N) is 2. The molecule has 0 spiro atoms. The van der Waals surface area contributed by atoms with E-state index < -0.39 is 21.7 Å². The molecular weight excluding hydrogens is 349 g/mol. The Morgan fingerprint density at radius 2 is 2.00 bits per heavy atom. The van der Waals surface area contributed by atoms with Gasteiger partial charge in [-0.15, -0.1) is 0 Å². The zero-order chi connectivity index (χ0) is 17.6. The van der Waals surface area contributed by atoms with Crippen molar-refractivity contribution < 1.29 is 17.6 Å². The molecule has 2 aromatic carbocycles. The number of sulfonamides is 1. The van der Waals surface area contributed by atoms with Crippen molar-refractivity contribution in [3.05, 3.63) is 60.2 Å². The minimum absolute atomic E-state index is 0.00441. The number of carbonyl (C=O) groups is 1. The first kappa shape index (κ1) is 15.3. The van der Waals surface area contributed by atoms with Crippen LogP contribution in [0.25, 0.3) is 5.69 Å². The number of rotatable bonds is 2. The molecule has 0 saturated carbocycles. The summed E-state index contributed by atoms with van der Waals surface area (Å²) in [4.78, 5) is 16.0. The molecule has 0 aliphatic carbocycles. The maximum Gasteiger partial charge on any atom is 0.266 e. The second kappa shape index (κ2) is 5.38. The van der Waals surface area contributed by atoms with Crippen molar-refractivity contribution in [2.75, 3.05) is 10.0 Å². The maximum atomic E-state index is 13.7. The Hall–Kier alpha value is -3.27. The lowest BCUT2D eigenvalue weighted by molar-refractivity contribution is 0.102.